The lowest BCUT2D eigenvalue weighted by Crippen LogP contribution is -2.34. The molecule has 2 heterocycles. The van der Waals surface area contributed by atoms with Crippen LogP contribution >= 0.6 is 34.5 Å². The molecule has 0 aliphatic heterocycles. The number of hydrogen-bond acceptors (Lipinski definition) is 6. The van der Waals surface area contributed by atoms with Gasteiger partial charge < -0.3 is 9.30 Å². The Balaban J connectivity index is 1.34. The van der Waals surface area contributed by atoms with E-state index in [1.165, 1.54) is 6.07 Å². The number of para-hydroxylation sites is 1. The number of rotatable bonds is 7. The molecule has 0 saturated heterocycles. The maximum atomic E-state index is 12.4. The van der Waals surface area contributed by atoms with Gasteiger partial charge >= 0.3 is 0 Å². The van der Waals surface area contributed by atoms with E-state index in [-0.39, 0.29) is 13.6 Å². The standard InChI is InChI=1S/C24H17Cl2N3O4S2/c25-18-11-22(34-24(18)26)35(31,32)28-21(30)13-33-20-7-3-6-19-23(20)29(14-27-19)12-15-8-9-16-4-1-2-5-17(16)10-15/h1-11,14H,12-13H2,(H,28,30). The van der Waals surface area contributed by atoms with Crippen LogP contribution in [0, 0.1) is 0 Å². The molecule has 0 radical (unpaired) electrons. The van der Waals surface area contributed by atoms with Crippen LogP contribution in [0.1, 0.15) is 5.56 Å². The number of nitrogens with zero attached hydrogens (tertiary/aromatic N) is 2. The van der Waals surface area contributed by atoms with E-state index in [0.29, 0.717) is 23.3 Å². The lowest BCUT2D eigenvalue weighted by molar-refractivity contribution is -0.121. The molecule has 0 fully saturated rings. The summed E-state index contributed by atoms with van der Waals surface area (Å²) in [5.41, 5.74) is 2.47. The van der Waals surface area contributed by atoms with Crippen LogP contribution in [0.4, 0.5) is 0 Å². The first kappa shape index (κ1) is 23.6. The molecule has 3 aromatic carbocycles. The van der Waals surface area contributed by atoms with Gasteiger partial charge in [-0.3, -0.25) is 4.79 Å². The quantitative estimate of drug-likeness (QED) is 0.292. The summed E-state index contributed by atoms with van der Waals surface area (Å²) < 4.78 is 34.5. The zero-order chi connectivity index (χ0) is 24.6. The average molecular weight is 546 g/mol. The minimum Gasteiger partial charge on any atom is -0.481 e. The van der Waals surface area contributed by atoms with E-state index in [9.17, 15) is 13.2 Å². The second kappa shape index (κ2) is 9.50. The summed E-state index contributed by atoms with van der Waals surface area (Å²) in [4.78, 5) is 16.8. The summed E-state index contributed by atoms with van der Waals surface area (Å²) in [5.74, 6) is -0.418. The number of carbonyl (C=O) groups excluding carboxylic acids is 1. The summed E-state index contributed by atoms with van der Waals surface area (Å²) in [7, 11) is -4.11. The summed E-state index contributed by atoms with van der Waals surface area (Å²) in [6.07, 6.45) is 1.71. The molecule has 1 N–H and O–H groups in total. The highest BCUT2D eigenvalue weighted by atomic mass is 35.5. The van der Waals surface area contributed by atoms with E-state index >= 15 is 0 Å². The Hall–Kier alpha value is -3.11. The molecule has 5 rings (SSSR count). The molecule has 0 aliphatic carbocycles. The summed E-state index contributed by atoms with van der Waals surface area (Å²) in [6.45, 7) is 0.0362. The van der Waals surface area contributed by atoms with Gasteiger partial charge in [0.25, 0.3) is 15.9 Å². The van der Waals surface area contributed by atoms with E-state index < -0.39 is 22.5 Å². The lowest BCUT2D eigenvalue weighted by Gasteiger charge is -2.11. The van der Waals surface area contributed by atoms with Crippen LogP contribution in [-0.4, -0.2) is 30.5 Å². The van der Waals surface area contributed by atoms with Crippen molar-refractivity contribution in [3.05, 3.63) is 88.0 Å². The number of nitrogens with one attached hydrogen (secondary N) is 1. The summed E-state index contributed by atoms with van der Waals surface area (Å²) >= 11 is 12.4. The van der Waals surface area contributed by atoms with Crippen LogP contribution < -0.4 is 9.46 Å². The Bertz CT molecular complexity index is 1660. The molecular formula is C24H17Cl2N3O4S2. The van der Waals surface area contributed by atoms with Gasteiger partial charge in [0, 0.05) is 6.54 Å². The van der Waals surface area contributed by atoms with Gasteiger partial charge in [-0.15, -0.1) is 11.3 Å². The number of benzene rings is 3. The molecule has 0 aliphatic rings. The molecule has 0 bridgehead atoms. The highest BCUT2D eigenvalue weighted by Crippen LogP contribution is 2.34. The van der Waals surface area contributed by atoms with Crippen LogP contribution in [0.15, 0.2) is 77.3 Å². The smallest absolute Gasteiger partial charge is 0.273 e. The fourth-order valence-corrected chi connectivity index (χ4v) is 6.55. The first-order valence-corrected chi connectivity index (χ1v) is 13.4. The van der Waals surface area contributed by atoms with Gasteiger partial charge in [-0.2, -0.15) is 0 Å². The average Bonchev–Trinajstić information content (AvgIpc) is 3.41. The molecule has 0 saturated carbocycles. The molecule has 35 heavy (non-hydrogen) atoms. The topological polar surface area (TPSA) is 90.3 Å². The van der Waals surface area contributed by atoms with Crippen molar-refractivity contribution in [2.45, 2.75) is 10.8 Å². The molecule has 11 heteroatoms. The summed E-state index contributed by atoms with van der Waals surface area (Å²) in [5, 5.41) is 2.40. The molecular weight excluding hydrogens is 529 g/mol. The van der Waals surface area contributed by atoms with Crippen molar-refractivity contribution < 1.29 is 17.9 Å². The van der Waals surface area contributed by atoms with Crippen molar-refractivity contribution >= 4 is 72.3 Å². The van der Waals surface area contributed by atoms with Crippen LogP contribution in [0.25, 0.3) is 21.8 Å². The highest BCUT2D eigenvalue weighted by molar-refractivity contribution is 7.92. The van der Waals surface area contributed by atoms with E-state index in [0.717, 1.165) is 27.7 Å². The fraction of sp³-hybridized carbons (Fsp3) is 0.0833. The van der Waals surface area contributed by atoms with Gasteiger partial charge in [-0.05, 0) is 40.6 Å². The van der Waals surface area contributed by atoms with Gasteiger partial charge in [0.1, 0.15) is 19.8 Å². The Morgan fingerprint density at radius 2 is 1.83 bits per heavy atom. The van der Waals surface area contributed by atoms with Gasteiger partial charge in [0.05, 0.1) is 16.9 Å². The Morgan fingerprint density at radius 1 is 1.03 bits per heavy atom. The SMILES string of the molecule is O=C(COc1cccc2ncn(Cc3ccc4ccccc4c3)c12)NS(=O)(=O)c1cc(Cl)c(Cl)s1. The summed E-state index contributed by atoms with van der Waals surface area (Å²) in [6, 6.07) is 20.9. The third kappa shape index (κ3) is 4.99. The number of aromatic nitrogens is 2. The molecule has 0 atom stereocenters. The number of thiophene rings is 1. The molecule has 178 valence electrons. The van der Waals surface area contributed by atoms with Crippen LogP contribution in [-0.2, 0) is 21.4 Å². The molecule has 0 unspecified atom stereocenters. The van der Waals surface area contributed by atoms with Crippen LogP contribution in [0.2, 0.25) is 9.36 Å². The molecule has 2 aromatic heterocycles. The van der Waals surface area contributed by atoms with E-state index in [4.69, 9.17) is 27.9 Å². The van der Waals surface area contributed by atoms with Crippen LogP contribution in [0.5, 0.6) is 5.75 Å². The third-order valence-electron chi connectivity index (χ3n) is 5.26. The van der Waals surface area contributed by atoms with E-state index in [2.05, 4.69) is 35.3 Å². The first-order valence-electron chi connectivity index (χ1n) is 10.3. The zero-order valence-corrected chi connectivity index (χ0v) is 21.1. The van der Waals surface area contributed by atoms with Crippen LogP contribution in [0.3, 0.4) is 0 Å². The fourth-order valence-electron chi connectivity index (χ4n) is 3.70. The lowest BCUT2D eigenvalue weighted by atomic mass is 10.1. The largest absolute Gasteiger partial charge is 0.481 e. The van der Waals surface area contributed by atoms with Crippen molar-refractivity contribution in [2.24, 2.45) is 0 Å². The number of hydrogen-bond donors (Lipinski definition) is 1. The number of halogens is 2. The predicted octanol–water partition coefficient (Wildman–Crippen LogP) is 5.49. The number of amides is 1. The van der Waals surface area contributed by atoms with Crippen molar-refractivity contribution in [3.63, 3.8) is 0 Å². The zero-order valence-electron chi connectivity index (χ0n) is 17.9. The second-order valence-electron chi connectivity index (χ2n) is 7.68. The number of fused-ring (bicyclic) bond motifs is 2. The number of carbonyl (C=O) groups is 1. The van der Waals surface area contributed by atoms with Gasteiger partial charge in [0.15, 0.2) is 6.61 Å². The minimum atomic E-state index is -4.11. The maximum absolute atomic E-state index is 12.4. The van der Waals surface area contributed by atoms with Crippen molar-refractivity contribution in [1.82, 2.24) is 14.3 Å². The van der Waals surface area contributed by atoms with Crippen molar-refractivity contribution in [3.8, 4) is 5.75 Å². The minimum absolute atomic E-state index is 0.104. The number of imidazole rings is 1. The van der Waals surface area contributed by atoms with E-state index in [1.54, 1.807) is 18.5 Å². The van der Waals surface area contributed by atoms with Gasteiger partial charge in [-0.25, -0.2) is 18.1 Å². The Kier molecular flexibility index (Phi) is 6.41. The maximum Gasteiger partial charge on any atom is 0.273 e. The molecule has 7 nitrogen and oxygen atoms in total. The molecule has 1 amide bonds. The Labute approximate surface area is 214 Å². The molecule has 5 aromatic rings. The third-order valence-corrected chi connectivity index (χ3v) is 8.97. The van der Waals surface area contributed by atoms with Gasteiger partial charge in [0.2, 0.25) is 0 Å². The predicted molar refractivity (Wildman–Crippen MR) is 138 cm³/mol. The van der Waals surface area contributed by atoms with Crippen molar-refractivity contribution in [2.75, 3.05) is 6.61 Å². The highest BCUT2D eigenvalue weighted by Gasteiger charge is 2.22. The van der Waals surface area contributed by atoms with Gasteiger partial charge in [-0.1, -0.05) is 65.7 Å². The normalized spacial score (nSPS) is 11.7. The number of sulfonamides is 1. The van der Waals surface area contributed by atoms with Crippen molar-refractivity contribution in [1.29, 1.82) is 0 Å². The monoisotopic (exact) mass is 545 g/mol. The second-order valence-corrected chi connectivity index (χ2v) is 11.7. The number of ether oxygens (including phenoxy) is 1. The molecule has 0 spiro atoms. The first-order chi connectivity index (χ1) is 16.8. The Morgan fingerprint density at radius 3 is 2.60 bits per heavy atom. The van der Waals surface area contributed by atoms with E-state index in [1.807, 2.05) is 27.5 Å².